The maximum atomic E-state index is 5.80. The Bertz CT molecular complexity index is 976. The first-order valence-electron chi connectivity index (χ1n) is 10.0. The SMILES string of the molecule is CCc1cccc(NC(=S)N(Cc2ccccc2)Cc2ccc(OC)c(OC)c2)c1. The fourth-order valence-electron chi connectivity index (χ4n) is 3.27. The molecule has 1 N–H and O–H groups in total. The van der Waals surface area contributed by atoms with Crippen molar-refractivity contribution in [3.05, 3.63) is 89.5 Å². The summed E-state index contributed by atoms with van der Waals surface area (Å²) in [5.41, 5.74) is 4.57. The van der Waals surface area contributed by atoms with Gasteiger partial charge in [0.05, 0.1) is 14.2 Å². The van der Waals surface area contributed by atoms with Gasteiger partial charge in [-0.1, -0.05) is 55.5 Å². The van der Waals surface area contributed by atoms with Crippen LogP contribution >= 0.6 is 12.2 Å². The lowest BCUT2D eigenvalue weighted by Crippen LogP contribution is -2.33. The smallest absolute Gasteiger partial charge is 0.174 e. The number of ether oxygens (including phenoxy) is 2. The van der Waals surface area contributed by atoms with Gasteiger partial charge in [-0.25, -0.2) is 0 Å². The molecule has 0 bridgehead atoms. The Labute approximate surface area is 184 Å². The molecule has 3 aromatic rings. The summed E-state index contributed by atoms with van der Waals surface area (Å²) in [5, 5.41) is 4.09. The van der Waals surface area contributed by atoms with Gasteiger partial charge < -0.3 is 19.7 Å². The minimum Gasteiger partial charge on any atom is -0.493 e. The normalized spacial score (nSPS) is 10.4. The topological polar surface area (TPSA) is 33.7 Å². The lowest BCUT2D eigenvalue weighted by molar-refractivity contribution is 0.352. The second-order valence-electron chi connectivity index (χ2n) is 7.02. The van der Waals surface area contributed by atoms with Gasteiger partial charge in [-0.2, -0.15) is 0 Å². The lowest BCUT2D eigenvalue weighted by atomic mass is 10.1. The molecule has 0 spiro atoms. The van der Waals surface area contributed by atoms with Crippen molar-refractivity contribution in [3.63, 3.8) is 0 Å². The first kappa shape index (κ1) is 21.7. The van der Waals surface area contributed by atoms with Crippen LogP contribution in [0.15, 0.2) is 72.8 Å². The highest BCUT2D eigenvalue weighted by Gasteiger charge is 2.14. The molecule has 0 saturated heterocycles. The first-order chi connectivity index (χ1) is 14.6. The number of rotatable bonds is 8. The van der Waals surface area contributed by atoms with Crippen LogP contribution in [-0.2, 0) is 19.5 Å². The summed E-state index contributed by atoms with van der Waals surface area (Å²) in [6.07, 6.45) is 0.988. The van der Waals surface area contributed by atoms with Crippen LogP contribution in [0.25, 0.3) is 0 Å². The van der Waals surface area contributed by atoms with Gasteiger partial charge in [0, 0.05) is 18.8 Å². The van der Waals surface area contributed by atoms with Gasteiger partial charge in [-0.3, -0.25) is 0 Å². The maximum absolute atomic E-state index is 5.80. The van der Waals surface area contributed by atoms with Crippen LogP contribution in [0.4, 0.5) is 5.69 Å². The zero-order valence-corrected chi connectivity index (χ0v) is 18.5. The van der Waals surface area contributed by atoms with Crippen LogP contribution in [0, 0.1) is 0 Å². The van der Waals surface area contributed by atoms with Crippen molar-refractivity contribution < 1.29 is 9.47 Å². The summed E-state index contributed by atoms with van der Waals surface area (Å²) in [4.78, 5) is 2.16. The number of thiocarbonyl (C=S) groups is 1. The number of nitrogens with one attached hydrogen (secondary N) is 1. The van der Waals surface area contributed by atoms with Crippen LogP contribution < -0.4 is 14.8 Å². The van der Waals surface area contributed by atoms with Crippen molar-refractivity contribution in [3.8, 4) is 11.5 Å². The Balaban J connectivity index is 1.83. The molecule has 0 saturated carbocycles. The van der Waals surface area contributed by atoms with Gasteiger partial charge in [-0.15, -0.1) is 0 Å². The molecule has 0 aliphatic heterocycles. The van der Waals surface area contributed by atoms with E-state index in [4.69, 9.17) is 21.7 Å². The van der Waals surface area contributed by atoms with Gasteiger partial charge in [0.25, 0.3) is 0 Å². The van der Waals surface area contributed by atoms with Crippen molar-refractivity contribution in [2.75, 3.05) is 19.5 Å². The van der Waals surface area contributed by atoms with Crippen LogP contribution in [-0.4, -0.2) is 24.2 Å². The fourth-order valence-corrected chi connectivity index (χ4v) is 3.52. The summed E-state index contributed by atoms with van der Waals surface area (Å²) >= 11 is 5.80. The molecule has 0 aromatic heterocycles. The molecule has 0 heterocycles. The van der Waals surface area contributed by atoms with Crippen molar-refractivity contribution in [2.24, 2.45) is 0 Å². The summed E-state index contributed by atoms with van der Waals surface area (Å²) in [5.74, 6) is 1.43. The molecule has 0 unspecified atom stereocenters. The van der Waals surface area contributed by atoms with E-state index in [9.17, 15) is 0 Å². The highest BCUT2D eigenvalue weighted by molar-refractivity contribution is 7.80. The Morgan fingerprint density at radius 2 is 1.50 bits per heavy atom. The van der Waals surface area contributed by atoms with Crippen LogP contribution in [0.5, 0.6) is 11.5 Å². The van der Waals surface area contributed by atoms with E-state index < -0.39 is 0 Å². The van der Waals surface area contributed by atoms with E-state index in [1.165, 1.54) is 11.1 Å². The van der Waals surface area contributed by atoms with Crippen molar-refractivity contribution in [1.82, 2.24) is 4.90 Å². The second kappa shape index (κ2) is 10.6. The Morgan fingerprint density at radius 3 is 2.20 bits per heavy atom. The largest absolute Gasteiger partial charge is 0.493 e. The molecule has 0 radical (unpaired) electrons. The minimum atomic E-state index is 0.647. The van der Waals surface area contributed by atoms with Crippen LogP contribution in [0.2, 0.25) is 0 Å². The molecule has 0 fully saturated rings. The predicted octanol–water partition coefficient (Wildman–Crippen LogP) is 5.67. The average Bonchev–Trinajstić information content (AvgIpc) is 2.79. The van der Waals surface area contributed by atoms with Gasteiger partial charge in [0.15, 0.2) is 16.6 Å². The Hall–Kier alpha value is -3.05. The summed E-state index contributed by atoms with van der Waals surface area (Å²) in [6, 6.07) is 24.7. The molecule has 0 aliphatic rings. The molecule has 3 rings (SSSR count). The van der Waals surface area contributed by atoms with Gasteiger partial charge in [0.1, 0.15) is 0 Å². The molecular formula is C25H28N2O2S. The van der Waals surface area contributed by atoms with Gasteiger partial charge >= 0.3 is 0 Å². The molecule has 5 heteroatoms. The highest BCUT2D eigenvalue weighted by atomic mass is 32.1. The molecule has 156 valence electrons. The third-order valence-corrected chi connectivity index (χ3v) is 5.27. The molecule has 4 nitrogen and oxygen atoms in total. The summed E-state index contributed by atoms with van der Waals surface area (Å²) in [6.45, 7) is 3.50. The zero-order valence-electron chi connectivity index (χ0n) is 17.7. The van der Waals surface area contributed by atoms with Crippen molar-refractivity contribution >= 4 is 23.0 Å². The van der Waals surface area contributed by atoms with Crippen molar-refractivity contribution in [1.29, 1.82) is 0 Å². The molecule has 0 aliphatic carbocycles. The monoisotopic (exact) mass is 420 g/mol. The lowest BCUT2D eigenvalue weighted by Gasteiger charge is -2.27. The standard InChI is InChI=1S/C25H28N2O2S/c1-4-19-11-8-12-22(15-19)26-25(30)27(17-20-9-6-5-7-10-20)18-21-13-14-23(28-2)24(16-21)29-3/h5-16H,4,17-18H2,1-3H3,(H,26,30). The number of nitrogens with zero attached hydrogens (tertiary/aromatic N) is 1. The Morgan fingerprint density at radius 1 is 0.800 bits per heavy atom. The first-order valence-corrected chi connectivity index (χ1v) is 10.4. The molecular weight excluding hydrogens is 392 g/mol. The van der Waals surface area contributed by atoms with E-state index in [0.29, 0.717) is 29.7 Å². The number of benzene rings is 3. The predicted molar refractivity (Wildman–Crippen MR) is 127 cm³/mol. The van der Waals surface area contributed by atoms with E-state index in [2.05, 4.69) is 47.5 Å². The zero-order chi connectivity index (χ0) is 21.3. The van der Waals surface area contributed by atoms with Gasteiger partial charge in [0.2, 0.25) is 0 Å². The number of hydrogen-bond acceptors (Lipinski definition) is 3. The Kier molecular flexibility index (Phi) is 7.69. The number of anilines is 1. The molecule has 0 amide bonds. The number of methoxy groups -OCH3 is 2. The summed E-state index contributed by atoms with van der Waals surface area (Å²) in [7, 11) is 3.29. The third-order valence-electron chi connectivity index (χ3n) is 4.91. The van der Waals surface area contributed by atoms with Crippen LogP contribution in [0.1, 0.15) is 23.6 Å². The fraction of sp³-hybridized carbons (Fsp3) is 0.240. The maximum Gasteiger partial charge on any atom is 0.174 e. The van der Waals surface area contributed by atoms with Crippen molar-refractivity contribution in [2.45, 2.75) is 26.4 Å². The number of hydrogen-bond donors (Lipinski definition) is 1. The van der Waals surface area contributed by atoms with E-state index >= 15 is 0 Å². The van der Waals surface area contributed by atoms with E-state index in [1.807, 2.05) is 42.5 Å². The van der Waals surface area contributed by atoms with E-state index in [0.717, 1.165) is 17.7 Å². The van der Waals surface area contributed by atoms with Crippen LogP contribution in [0.3, 0.4) is 0 Å². The van der Waals surface area contributed by atoms with Gasteiger partial charge in [-0.05, 0) is 59.6 Å². The second-order valence-corrected chi connectivity index (χ2v) is 7.40. The van der Waals surface area contributed by atoms with E-state index in [1.54, 1.807) is 14.2 Å². The molecule has 0 atom stereocenters. The highest BCUT2D eigenvalue weighted by Crippen LogP contribution is 2.28. The third kappa shape index (κ3) is 5.74. The molecule has 30 heavy (non-hydrogen) atoms. The number of aryl methyl sites for hydroxylation is 1. The quantitative estimate of drug-likeness (QED) is 0.475. The average molecular weight is 421 g/mol. The molecule has 3 aromatic carbocycles. The minimum absolute atomic E-state index is 0.647. The summed E-state index contributed by atoms with van der Waals surface area (Å²) < 4.78 is 10.8. The van der Waals surface area contributed by atoms with E-state index in [-0.39, 0.29) is 0 Å².